The van der Waals surface area contributed by atoms with Gasteiger partial charge in [0.15, 0.2) is 0 Å². The Kier molecular flexibility index (Phi) is 3.95. The van der Waals surface area contributed by atoms with Gasteiger partial charge in [-0.1, -0.05) is 11.8 Å². The molecule has 0 rings (SSSR count). The van der Waals surface area contributed by atoms with Crippen molar-refractivity contribution in [2.75, 3.05) is 5.75 Å². The van der Waals surface area contributed by atoms with E-state index in [1.807, 2.05) is 0 Å². The zero-order valence-electron chi connectivity index (χ0n) is 3.35. The third-order valence-corrected chi connectivity index (χ3v) is 1.10. The third kappa shape index (κ3) is 5.86. The molecule has 1 nitrogen and oxygen atoms in total. The van der Waals surface area contributed by atoms with Crippen LogP contribution in [0.1, 0.15) is 0 Å². The summed E-state index contributed by atoms with van der Waals surface area (Å²) in [6, 6.07) is 1.73. The van der Waals surface area contributed by atoms with E-state index in [-0.39, 0.29) is 5.75 Å². The minimum atomic E-state index is -0.665. The Labute approximate surface area is 50.5 Å². The largest absolute Gasteiger partial charge is 0.221 e. The fourth-order valence-electron chi connectivity index (χ4n) is 0.0890. The Morgan fingerprint density at radius 3 is 2.71 bits per heavy atom. The van der Waals surface area contributed by atoms with E-state index in [1.165, 1.54) is 0 Å². The monoisotopic (exact) mass is 135 g/mol. The Morgan fingerprint density at radius 2 is 2.57 bits per heavy atom. The Bertz CT molecular complexity index is 106. The van der Waals surface area contributed by atoms with Gasteiger partial charge in [0.25, 0.3) is 0 Å². The van der Waals surface area contributed by atoms with Gasteiger partial charge in [-0.3, -0.25) is 0 Å². The van der Waals surface area contributed by atoms with Crippen molar-refractivity contribution in [1.82, 2.24) is 0 Å². The first-order valence-corrected chi connectivity index (χ1v) is 2.86. The smallest absolute Gasteiger partial charge is 0.197 e. The van der Waals surface area contributed by atoms with Crippen LogP contribution in [0.2, 0.25) is 0 Å². The summed E-state index contributed by atoms with van der Waals surface area (Å²) in [4.78, 5) is 0. The van der Waals surface area contributed by atoms with E-state index in [2.05, 4.69) is 12.2 Å². The van der Waals surface area contributed by atoms with Crippen LogP contribution in [0.4, 0.5) is 4.39 Å². The molecular formula is C3H2FNS2. The van der Waals surface area contributed by atoms with Gasteiger partial charge in [-0.05, 0) is 12.2 Å². The molecule has 0 unspecified atom stereocenters. The summed E-state index contributed by atoms with van der Waals surface area (Å²) in [7, 11) is 0. The van der Waals surface area contributed by atoms with Gasteiger partial charge in [-0.2, -0.15) is 9.65 Å². The predicted octanol–water partition coefficient (Wildman–Crippen LogP) is 1.50. The number of hydrogen-bond acceptors (Lipinski definition) is 3. The fourth-order valence-corrected chi connectivity index (χ4v) is 0.444. The molecule has 0 aliphatic rings. The maximum atomic E-state index is 11.4. The number of thioether (sulfide) groups is 1. The second-order valence-electron chi connectivity index (χ2n) is 0.684. The summed E-state index contributed by atoms with van der Waals surface area (Å²) in [5.74, 6) is 0.106. The highest BCUT2D eigenvalue weighted by Gasteiger charge is 1.88. The minimum absolute atomic E-state index is 0.106. The van der Waals surface area contributed by atoms with Gasteiger partial charge in [0, 0.05) is 0 Å². The number of thiocarbonyl (C=S) groups is 1. The molecule has 38 valence electrons. The van der Waals surface area contributed by atoms with E-state index in [9.17, 15) is 4.39 Å². The molecule has 0 saturated heterocycles. The highest BCUT2D eigenvalue weighted by atomic mass is 32.2. The van der Waals surface area contributed by atoms with E-state index in [1.54, 1.807) is 6.07 Å². The number of rotatable bonds is 1. The van der Waals surface area contributed by atoms with Crippen molar-refractivity contribution >= 4 is 28.4 Å². The highest BCUT2D eigenvalue weighted by molar-refractivity contribution is 8.22. The molecule has 0 atom stereocenters. The van der Waals surface area contributed by atoms with Crippen LogP contribution in [-0.2, 0) is 0 Å². The predicted molar refractivity (Wildman–Crippen MR) is 31.8 cm³/mol. The van der Waals surface area contributed by atoms with E-state index in [0.717, 1.165) is 11.8 Å². The van der Waals surface area contributed by atoms with Crippen LogP contribution in [-0.4, -0.2) is 10.2 Å². The molecule has 0 aromatic heterocycles. The average molecular weight is 135 g/mol. The summed E-state index contributed by atoms with van der Waals surface area (Å²) in [6.07, 6.45) is 0. The number of halogens is 1. The van der Waals surface area contributed by atoms with Gasteiger partial charge < -0.3 is 0 Å². The minimum Gasteiger partial charge on any atom is -0.197 e. The maximum absolute atomic E-state index is 11.4. The molecule has 0 aliphatic carbocycles. The van der Waals surface area contributed by atoms with Crippen LogP contribution in [0.5, 0.6) is 0 Å². The lowest BCUT2D eigenvalue weighted by atomic mass is 10.9. The normalized spacial score (nSPS) is 7.43. The highest BCUT2D eigenvalue weighted by Crippen LogP contribution is 2.02. The van der Waals surface area contributed by atoms with Crippen molar-refractivity contribution in [3.05, 3.63) is 0 Å². The van der Waals surface area contributed by atoms with Gasteiger partial charge in [-0.15, -0.1) is 0 Å². The van der Waals surface area contributed by atoms with Crippen LogP contribution in [0.15, 0.2) is 0 Å². The van der Waals surface area contributed by atoms with Gasteiger partial charge >= 0.3 is 0 Å². The van der Waals surface area contributed by atoms with Crippen LogP contribution in [0, 0.1) is 11.3 Å². The van der Waals surface area contributed by atoms with Crippen molar-refractivity contribution in [1.29, 1.82) is 5.26 Å². The van der Waals surface area contributed by atoms with Gasteiger partial charge in [0.2, 0.25) is 4.45 Å². The summed E-state index contributed by atoms with van der Waals surface area (Å²) in [5, 5.41) is 7.82. The Balaban J connectivity index is 3.02. The number of hydrogen-bond donors (Lipinski definition) is 0. The topological polar surface area (TPSA) is 23.8 Å². The van der Waals surface area contributed by atoms with Crippen molar-refractivity contribution in [2.45, 2.75) is 0 Å². The molecule has 0 saturated carbocycles. The molecule has 0 heterocycles. The zero-order valence-corrected chi connectivity index (χ0v) is 4.98. The molecule has 0 bridgehead atoms. The third-order valence-electron chi connectivity index (χ3n) is 0.250. The summed E-state index contributed by atoms with van der Waals surface area (Å²) >= 11 is 4.74. The molecule has 0 radical (unpaired) electrons. The molecule has 0 aliphatic heterocycles. The van der Waals surface area contributed by atoms with Gasteiger partial charge in [0.1, 0.15) is 0 Å². The molecule has 0 amide bonds. The van der Waals surface area contributed by atoms with Crippen molar-refractivity contribution in [2.24, 2.45) is 0 Å². The van der Waals surface area contributed by atoms with Crippen LogP contribution in [0.3, 0.4) is 0 Å². The lowest BCUT2D eigenvalue weighted by molar-refractivity contribution is 0.853. The van der Waals surface area contributed by atoms with E-state index in [4.69, 9.17) is 5.26 Å². The Hall–Kier alpha value is -0.140. The molecule has 0 aromatic carbocycles. The molecular weight excluding hydrogens is 133 g/mol. The van der Waals surface area contributed by atoms with Crippen LogP contribution >= 0.6 is 24.0 Å². The summed E-state index contributed by atoms with van der Waals surface area (Å²) in [5.41, 5.74) is 0. The second-order valence-corrected chi connectivity index (χ2v) is 2.24. The Morgan fingerprint density at radius 1 is 2.00 bits per heavy atom. The average Bonchev–Trinajstić information content (AvgIpc) is 1.61. The summed E-state index contributed by atoms with van der Waals surface area (Å²) in [6.45, 7) is 0. The standard InChI is InChI=1S/C3H2FNS2/c4-3(6)7-2-1-5/h2H2. The lowest BCUT2D eigenvalue weighted by Crippen LogP contribution is -1.74. The second kappa shape index (κ2) is 4.03. The molecule has 0 aromatic rings. The van der Waals surface area contributed by atoms with Gasteiger partial charge in [0.05, 0.1) is 11.8 Å². The van der Waals surface area contributed by atoms with Crippen molar-refractivity contribution in [3.8, 4) is 6.07 Å². The number of nitriles is 1. The van der Waals surface area contributed by atoms with E-state index in [0.29, 0.717) is 0 Å². The molecule has 7 heavy (non-hydrogen) atoms. The first-order valence-electron chi connectivity index (χ1n) is 1.46. The molecule has 0 spiro atoms. The molecule has 0 fully saturated rings. The molecule has 4 heteroatoms. The van der Waals surface area contributed by atoms with Crippen LogP contribution in [0.25, 0.3) is 0 Å². The van der Waals surface area contributed by atoms with Crippen molar-refractivity contribution < 1.29 is 4.39 Å². The lowest BCUT2D eigenvalue weighted by Gasteiger charge is -1.78. The van der Waals surface area contributed by atoms with E-state index >= 15 is 0 Å². The van der Waals surface area contributed by atoms with E-state index < -0.39 is 4.45 Å². The number of nitrogens with zero attached hydrogens (tertiary/aromatic N) is 1. The molecule has 0 N–H and O–H groups in total. The SMILES string of the molecule is N#CCSC(F)=S. The van der Waals surface area contributed by atoms with Gasteiger partial charge in [-0.25, -0.2) is 0 Å². The fraction of sp³-hybridized carbons (Fsp3) is 0.333. The quantitative estimate of drug-likeness (QED) is 0.402. The zero-order chi connectivity index (χ0) is 5.70. The first kappa shape index (κ1) is 6.86. The van der Waals surface area contributed by atoms with Crippen molar-refractivity contribution in [3.63, 3.8) is 0 Å². The van der Waals surface area contributed by atoms with Crippen LogP contribution < -0.4 is 0 Å². The summed E-state index contributed by atoms with van der Waals surface area (Å²) < 4.78 is 10.8. The first-order chi connectivity index (χ1) is 3.27. The maximum Gasteiger partial charge on any atom is 0.221 e.